The van der Waals surface area contributed by atoms with Gasteiger partial charge in [0.15, 0.2) is 0 Å². The Bertz CT molecular complexity index is 2160. The van der Waals surface area contributed by atoms with E-state index in [1.165, 1.54) is 23.9 Å². The second-order valence-corrected chi connectivity index (χ2v) is 18.4. The number of imide groups is 1. The zero-order valence-corrected chi connectivity index (χ0v) is 40.3. The van der Waals surface area contributed by atoms with Crippen LogP contribution in [0.2, 0.25) is 0 Å². The molecule has 0 radical (unpaired) electrons. The van der Waals surface area contributed by atoms with Gasteiger partial charge in [-0.15, -0.1) is 0 Å². The summed E-state index contributed by atoms with van der Waals surface area (Å²) < 4.78 is 74.8. The van der Waals surface area contributed by atoms with Crippen molar-refractivity contribution in [1.29, 1.82) is 0 Å². The number of carbonyl (C=O) groups excluding carboxylic acids is 5. The van der Waals surface area contributed by atoms with E-state index in [9.17, 15) is 28.4 Å². The Morgan fingerprint density at radius 2 is 1.49 bits per heavy atom. The number of nitrogens with zero attached hydrogens (tertiary/aromatic N) is 3. The summed E-state index contributed by atoms with van der Waals surface area (Å²) in [5.41, 5.74) is 1.24. The van der Waals surface area contributed by atoms with Crippen molar-refractivity contribution in [2.24, 2.45) is 17.8 Å². The number of carbonyl (C=O) groups is 5. The van der Waals surface area contributed by atoms with E-state index < -0.39 is 41.5 Å². The minimum absolute atomic E-state index is 0.0179. The van der Waals surface area contributed by atoms with E-state index >= 15 is 8.78 Å². The van der Waals surface area contributed by atoms with E-state index in [0.29, 0.717) is 103 Å². The molecule has 16 nitrogen and oxygen atoms in total. The molecule has 3 N–H and O–H groups in total. The van der Waals surface area contributed by atoms with Gasteiger partial charge in [-0.2, -0.15) is 11.8 Å². The number of thioether (sulfide) groups is 1. The van der Waals surface area contributed by atoms with Crippen LogP contribution in [0.25, 0.3) is 11.3 Å². The molecule has 3 aliphatic heterocycles. The van der Waals surface area contributed by atoms with Crippen molar-refractivity contribution in [1.82, 2.24) is 30.4 Å². The van der Waals surface area contributed by atoms with E-state index in [4.69, 9.17) is 28.7 Å². The number of ketones is 1. The minimum Gasteiger partial charge on any atom is -0.381 e. The topological polar surface area (TPSA) is 189 Å². The van der Waals surface area contributed by atoms with Crippen molar-refractivity contribution < 1.29 is 60.8 Å². The standard InChI is InChI=1S/C50H65F3N6O10S/c51-38-6-7-41(52)39(29-38)43-33-58(32-35-4-2-1-3-5-35)50(57-43)49(36-11-17-65-18-12-36)40(28-37-30-54-31-42(37)53)44(60)34-70-27-15-56-46(62)13-19-66-21-23-68-25-26-69-24-22-67-20-14-55-45(61)10-16-59-47(63)8-9-48(59)64/h1-9,29,33,36-37,40,42,49,54H,10-28,30-32,34H2,(H,55,61)(H,56,62)/t37-,40?,42+,49+/m1/s1. The molecule has 6 rings (SSSR count). The van der Waals surface area contributed by atoms with Crippen LogP contribution in [0.1, 0.15) is 49.4 Å². The number of aromatic nitrogens is 2. The van der Waals surface area contributed by atoms with Crippen LogP contribution < -0.4 is 16.0 Å². The summed E-state index contributed by atoms with van der Waals surface area (Å²) in [6, 6.07) is 13.0. The molecule has 0 spiro atoms. The van der Waals surface area contributed by atoms with Gasteiger partial charge in [-0.3, -0.25) is 28.9 Å². The average Bonchev–Trinajstić information content (AvgIpc) is 4.06. The van der Waals surface area contributed by atoms with Crippen molar-refractivity contribution >= 4 is 41.2 Å². The van der Waals surface area contributed by atoms with E-state index in [0.717, 1.165) is 28.7 Å². The Labute approximate surface area is 411 Å². The minimum atomic E-state index is -1.12. The fourth-order valence-electron chi connectivity index (χ4n) is 8.73. The van der Waals surface area contributed by atoms with E-state index in [-0.39, 0.29) is 92.1 Å². The van der Waals surface area contributed by atoms with Gasteiger partial charge >= 0.3 is 0 Å². The summed E-state index contributed by atoms with van der Waals surface area (Å²) in [5.74, 6) is -2.88. The van der Waals surface area contributed by atoms with Crippen LogP contribution in [0.4, 0.5) is 13.2 Å². The average molecular weight is 999 g/mol. The maximum absolute atomic E-state index is 15.4. The van der Waals surface area contributed by atoms with Gasteiger partial charge in [0.25, 0.3) is 11.8 Å². The number of ether oxygens (including phenoxy) is 5. The number of hydrogen-bond acceptors (Lipinski definition) is 13. The Balaban J connectivity index is 0.893. The molecular weight excluding hydrogens is 934 g/mol. The number of imidazole rings is 1. The highest BCUT2D eigenvalue weighted by Crippen LogP contribution is 2.43. The third kappa shape index (κ3) is 17.4. The Morgan fingerprint density at radius 1 is 0.829 bits per heavy atom. The number of halogens is 3. The summed E-state index contributed by atoms with van der Waals surface area (Å²) in [5, 5.41) is 8.69. The number of rotatable bonds is 32. The van der Waals surface area contributed by atoms with Crippen LogP contribution in [0, 0.1) is 29.4 Å². The van der Waals surface area contributed by atoms with Crippen molar-refractivity contribution in [3.8, 4) is 11.3 Å². The normalized spacial score (nSPS) is 18.1. The molecule has 2 aromatic carbocycles. The number of alkyl halides is 1. The van der Waals surface area contributed by atoms with Gasteiger partial charge in [0, 0.05) is 113 Å². The molecule has 3 aliphatic rings. The zero-order chi connectivity index (χ0) is 49.5. The quantitative estimate of drug-likeness (QED) is 0.0596. The Hall–Kier alpha value is -4.96. The van der Waals surface area contributed by atoms with Crippen LogP contribution in [0.5, 0.6) is 0 Å². The Morgan fingerprint density at radius 3 is 2.17 bits per heavy atom. The zero-order valence-electron chi connectivity index (χ0n) is 39.5. The molecule has 2 fully saturated rings. The summed E-state index contributed by atoms with van der Waals surface area (Å²) in [6.07, 6.45) is 4.75. The maximum Gasteiger partial charge on any atom is 0.253 e. The fraction of sp³-hybridized carbons (Fsp3) is 0.560. The molecule has 4 amide bonds. The molecule has 382 valence electrons. The summed E-state index contributed by atoms with van der Waals surface area (Å²) >= 11 is 1.40. The van der Waals surface area contributed by atoms with Crippen LogP contribution in [0.15, 0.2) is 66.9 Å². The van der Waals surface area contributed by atoms with Crippen LogP contribution in [-0.4, -0.2) is 160 Å². The van der Waals surface area contributed by atoms with Gasteiger partial charge in [-0.1, -0.05) is 30.3 Å². The van der Waals surface area contributed by atoms with Crippen molar-refractivity contribution in [2.45, 2.75) is 50.7 Å². The molecular formula is C50H65F3N6O10S. The summed E-state index contributed by atoms with van der Waals surface area (Å²) in [4.78, 5) is 68.2. The molecule has 4 heterocycles. The summed E-state index contributed by atoms with van der Waals surface area (Å²) in [6.45, 7) is 5.16. The van der Waals surface area contributed by atoms with Crippen molar-refractivity contribution in [2.75, 3.05) is 110 Å². The van der Waals surface area contributed by atoms with Gasteiger partial charge in [0.05, 0.1) is 64.3 Å². The van der Waals surface area contributed by atoms with Crippen molar-refractivity contribution in [3.63, 3.8) is 0 Å². The monoisotopic (exact) mass is 998 g/mol. The van der Waals surface area contributed by atoms with Gasteiger partial charge in [-0.25, -0.2) is 18.2 Å². The molecule has 1 unspecified atom stereocenters. The molecule has 0 bridgehead atoms. The number of amides is 4. The fourth-order valence-corrected chi connectivity index (χ4v) is 9.54. The molecule has 1 aromatic heterocycles. The van der Waals surface area contributed by atoms with E-state index in [2.05, 4.69) is 16.0 Å². The third-order valence-corrected chi connectivity index (χ3v) is 13.4. The number of hydrogen-bond donors (Lipinski definition) is 3. The van der Waals surface area contributed by atoms with E-state index in [1.807, 2.05) is 34.9 Å². The lowest BCUT2D eigenvalue weighted by atomic mass is 9.72. The van der Waals surface area contributed by atoms with E-state index in [1.54, 1.807) is 6.20 Å². The van der Waals surface area contributed by atoms with Crippen molar-refractivity contribution in [3.05, 3.63) is 89.9 Å². The second kappa shape index (κ2) is 29.4. The van der Waals surface area contributed by atoms with Crippen LogP contribution in [-0.2, 0) is 54.2 Å². The highest BCUT2D eigenvalue weighted by molar-refractivity contribution is 7.99. The van der Waals surface area contributed by atoms with Crippen LogP contribution in [0.3, 0.4) is 0 Å². The highest BCUT2D eigenvalue weighted by Gasteiger charge is 2.42. The van der Waals surface area contributed by atoms with Gasteiger partial charge in [0.2, 0.25) is 11.8 Å². The predicted octanol–water partition coefficient (Wildman–Crippen LogP) is 4.26. The first kappa shape index (κ1) is 54.4. The van der Waals surface area contributed by atoms with Gasteiger partial charge < -0.3 is 44.2 Å². The predicted molar refractivity (Wildman–Crippen MR) is 255 cm³/mol. The molecule has 20 heteroatoms. The molecule has 4 atom stereocenters. The number of Topliss-reactive ketones (excluding diaryl/α,β-unsaturated/α-hetero) is 1. The summed E-state index contributed by atoms with van der Waals surface area (Å²) in [7, 11) is 0. The second-order valence-electron chi connectivity index (χ2n) is 17.3. The molecule has 0 saturated carbocycles. The molecule has 70 heavy (non-hydrogen) atoms. The maximum atomic E-state index is 15.4. The lowest BCUT2D eigenvalue weighted by Gasteiger charge is -2.36. The lowest BCUT2D eigenvalue weighted by molar-refractivity contribution is -0.137. The van der Waals surface area contributed by atoms with Crippen LogP contribution >= 0.6 is 11.8 Å². The smallest absolute Gasteiger partial charge is 0.253 e. The highest BCUT2D eigenvalue weighted by atomic mass is 32.2. The van der Waals surface area contributed by atoms with Gasteiger partial charge in [0.1, 0.15) is 29.4 Å². The molecule has 3 aromatic rings. The van der Waals surface area contributed by atoms with Gasteiger partial charge in [-0.05, 0) is 48.9 Å². The lowest BCUT2D eigenvalue weighted by Crippen LogP contribution is -2.36. The first-order chi connectivity index (χ1) is 34.1. The first-order valence-corrected chi connectivity index (χ1v) is 25.2. The third-order valence-electron chi connectivity index (χ3n) is 12.4. The Kier molecular flexibility index (Phi) is 22.8. The number of benzene rings is 2. The molecule has 2 saturated heterocycles. The SMILES string of the molecule is O=C(CCOCCOCCOCCOCCNC(=O)CCN1C(=O)C=CC1=O)NCCSCC(=O)C(C[C@@H]1CNC[C@@H]1F)[C@@H](c1nc(-c2cc(F)ccc2F)cn1Cc1ccccc1)C1CCOCC1. The molecule has 0 aliphatic carbocycles. The first-order valence-electron chi connectivity index (χ1n) is 24.0. The largest absolute Gasteiger partial charge is 0.381 e. The number of nitrogens with one attached hydrogen (secondary N) is 3.